The lowest BCUT2D eigenvalue weighted by molar-refractivity contribution is -0.142. The van der Waals surface area contributed by atoms with E-state index in [4.69, 9.17) is 10.8 Å². The maximum atomic E-state index is 10.7. The van der Waals surface area contributed by atoms with Crippen LogP contribution in [0.25, 0.3) is 0 Å². The first-order chi connectivity index (χ1) is 6.52. The molecule has 0 amide bonds. The molecule has 3 nitrogen and oxygen atoms in total. The third kappa shape index (κ3) is 3.50. The Morgan fingerprint density at radius 3 is 2.64 bits per heavy atom. The van der Waals surface area contributed by atoms with Gasteiger partial charge in [-0.3, -0.25) is 4.79 Å². The van der Waals surface area contributed by atoms with E-state index < -0.39 is 11.5 Å². The van der Waals surface area contributed by atoms with Crippen LogP contribution in [0.4, 0.5) is 0 Å². The third-order valence-electron chi connectivity index (χ3n) is 2.77. The van der Waals surface area contributed by atoms with E-state index >= 15 is 0 Å². The van der Waals surface area contributed by atoms with E-state index in [0.29, 0.717) is 6.42 Å². The average Bonchev–Trinajstić information content (AvgIpc) is 2.56. The molecule has 0 aromatic heterocycles. The van der Waals surface area contributed by atoms with Gasteiger partial charge in [-0.2, -0.15) is 11.8 Å². The fourth-order valence-electron chi connectivity index (χ4n) is 1.60. The number of nitrogens with two attached hydrogens (primary N) is 1. The smallest absolute Gasteiger partial charge is 0.323 e. The van der Waals surface area contributed by atoms with Crippen LogP contribution in [0.5, 0.6) is 0 Å². The summed E-state index contributed by atoms with van der Waals surface area (Å²) < 4.78 is 0. The molecule has 1 atom stereocenters. The van der Waals surface area contributed by atoms with Crippen LogP contribution in [0.3, 0.4) is 0 Å². The minimum Gasteiger partial charge on any atom is -0.480 e. The Balaban J connectivity index is 2.16. The highest BCUT2D eigenvalue weighted by Crippen LogP contribution is 2.30. The van der Waals surface area contributed by atoms with Crippen molar-refractivity contribution in [3.8, 4) is 0 Å². The molecule has 1 unspecified atom stereocenters. The molecule has 14 heavy (non-hydrogen) atoms. The van der Waals surface area contributed by atoms with Gasteiger partial charge in [0.2, 0.25) is 0 Å². The van der Waals surface area contributed by atoms with Crippen molar-refractivity contribution in [2.75, 3.05) is 5.75 Å². The zero-order chi connectivity index (χ0) is 10.6. The number of carboxylic acid groups (broad SMARTS) is 1. The molecular weight excluding hydrogens is 198 g/mol. The van der Waals surface area contributed by atoms with Crippen molar-refractivity contribution in [1.29, 1.82) is 0 Å². The van der Waals surface area contributed by atoms with Gasteiger partial charge >= 0.3 is 5.97 Å². The highest BCUT2D eigenvalue weighted by molar-refractivity contribution is 7.99. The van der Waals surface area contributed by atoms with Crippen LogP contribution < -0.4 is 5.73 Å². The van der Waals surface area contributed by atoms with Crippen molar-refractivity contribution in [3.05, 3.63) is 0 Å². The van der Waals surface area contributed by atoms with Crippen LogP contribution in [0, 0.1) is 0 Å². The monoisotopic (exact) mass is 217 g/mol. The summed E-state index contributed by atoms with van der Waals surface area (Å²) in [5.74, 6) is -0.0335. The van der Waals surface area contributed by atoms with Gasteiger partial charge in [-0.1, -0.05) is 12.8 Å². The largest absolute Gasteiger partial charge is 0.480 e. The standard InChI is InChI=1S/C10H19NO2S/c1-10(11,9(12)13)6-7-14-8-4-2-3-5-8/h8H,2-7,11H2,1H3,(H,12,13). The summed E-state index contributed by atoms with van der Waals surface area (Å²) in [5, 5.41) is 9.55. The molecule has 0 bridgehead atoms. The van der Waals surface area contributed by atoms with E-state index in [9.17, 15) is 4.79 Å². The highest BCUT2D eigenvalue weighted by atomic mass is 32.2. The predicted octanol–water partition coefficient (Wildman–Crippen LogP) is 1.85. The summed E-state index contributed by atoms with van der Waals surface area (Å²) in [6.45, 7) is 1.59. The van der Waals surface area contributed by atoms with Gasteiger partial charge in [-0.25, -0.2) is 0 Å². The Bertz CT molecular complexity index is 200. The average molecular weight is 217 g/mol. The molecule has 82 valence electrons. The molecule has 0 aliphatic heterocycles. The fraction of sp³-hybridized carbons (Fsp3) is 0.900. The lowest BCUT2D eigenvalue weighted by atomic mass is 10.0. The second kappa shape index (κ2) is 5.03. The SMILES string of the molecule is CC(N)(CCSC1CCCC1)C(=O)O. The van der Waals surface area contributed by atoms with E-state index in [-0.39, 0.29) is 0 Å². The molecule has 0 saturated heterocycles. The first kappa shape index (κ1) is 11.9. The Hall–Kier alpha value is -0.220. The van der Waals surface area contributed by atoms with Gasteiger partial charge in [0, 0.05) is 5.25 Å². The van der Waals surface area contributed by atoms with E-state index in [0.717, 1.165) is 11.0 Å². The van der Waals surface area contributed by atoms with Crippen molar-refractivity contribution < 1.29 is 9.90 Å². The molecule has 4 heteroatoms. The fourth-order valence-corrected chi connectivity index (χ4v) is 3.14. The number of rotatable bonds is 5. The molecule has 0 aromatic rings. The maximum absolute atomic E-state index is 10.7. The van der Waals surface area contributed by atoms with Crippen molar-refractivity contribution in [3.63, 3.8) is 0 Å². The first-order valence-corrected chi connectivity index (χ1v) is 6.21. The zero-order valence-electron chi connectivity index (χ0n) is 8.66. The predicted molar refractivity (Wildman–Crippen MR) is 59.6 cm³/mol. The van der Waals surface area contributed by atoms with Gasteiger partial charge in [-0.15, -0.1) is 0 Å². The summed E-state index contributed by atoms with van der Waals surface area (Å²) in [4.78, 5) is 10.7. The van der Waals surface area contributed by atoms with Gasteiger partial charge < -0.3 is 10.8 Å². The number of thioether (sulfide) groups is 1. The lowest BCUT2D eigenvalue weighted by Gasteiger charge is -2.19. The summed E-state index contributed by atoms with van der Waals surface area (Å²) in [6.07, 6.45) is 5.80. The molecule has 0 heterocycles. The minimum absolute atomic E-state index is 0.559. The lowest BCUT2D eigenvalue weighted by Crippen LogP contribution is -2.45. The summed E-state index contributed by atoms with van der Waals surface area (Å²) in [5.41, 5.74) is 4.58. The normalized spacial score (nSPS) is 22.1. The molecule has 0 spiro atoms. The number of carboxylic acids is 1. The van der Waals surface area contributed by atoms with E-state index in [1.807, 2.05) is 11.8 Å². The van der Waals surface area contributed by atoms with Crippen LogP contribution in [0.15, 0.2) is 0 Å². The third-order valence-corrected chi connectivity index (χ3v) is 4.15. The van der Waals surface area contributed by atoms with E-state index in [2.05, 4.69) is 0 Å². The molecule has 1 saturated carbocycles. The van der Waals surface area contributed by atoms with Crippen LogP contribution in [-0.2, 0) is 4.79 Å². The summed E-state index contributed by atoms with van der Waals surface area (Å²) in [6, 6.07) is 0. The van der Waals surface area contributed by atoms with E-state index in [1.165, 1.54) is 25.7 Å². The molecule has 1 fully saturated rings. The molecular formula is C10H19NO2S. The molecule has 0 aromatic carbocycles. The number of carbonyl (C=O) groups is 1. The van der Waals surface area contributed by atoms with Crippen molar-refractivity contribution >= 4 is 17.7 Å². The van der Waals surface area contributed by atoms with Crippen LogP contribution in [0.2, 0.25) is 0 Å². The number of aliphatic carboxylic acids is 1. The summed E-state index contributed by atoms with van der Waals surface area (Å²) >= 11 is 1.88. The van der Waals surface area contributed by atoms with Gasteiger partial charge in [0.15, 0.2) is 0 Å². The van der Waals surface area contributed by atoms with Crippen LogP contribution in [0.1, 0.15) is 39.0 Å². The number of hydrogen-bond acceptors (Lipinski definition) is 3. The Kier molecular flexibility index (Phi) is 4.26. The first-order valence-electron chi connectivity index (χ1n) is 5.16. The van der Waals surface area contributed by atoms with Gasteiger partial charge in [0.05, 0.1) is 0 Å². The van der Waals surface area contributed by atoms with Gasteiger partial charge in [0.25, 0.3) is 0 Å². The molecule has 1 rings (SSSR count). The van der Waals surface area contributed by atoms with Crippen LogP contribution >= 0.6 is 11.8 Å². The van der Waals surface area contributed by atoms with Crippen LogP contribution in [-0.4, -0.2) is 27.6 Å². The Morgan fingerprint density at radius 2 is 2.14 bits per heavy atom. The molecule has 1 aliphatic rings. The topological polar surface area (TPSA) is 63.3 Å². The Labute approximate surface area is 89.4 Å². The molecule has 0 radical (unpaired) electrons. The molecule has 1 aliphatic carbocycles. The highest BCUT2D eigenvalue weighted by Gasteiger charge is 2.27. The maximum Gasteiger partial charge on any atom is 0.323 e. The van der Waals surface area contributed by atoms with Crippen molar-refractivity contribution in [2.45, 2.75) is 49.8 Å². The van der Waals surface area contributed by atoms with E-state index in [1.54, 1.807) is 6.92 Å². The second-order valence-corrected chi connectivity index (χ2v) is 5.66. The molecule has 3 N–H and O–H groups in total. The van der Waals surface area contributed by atoms with Crippen molar-refractivity contribution in [2.24, 2.45) is 5.73 Å². The second-order valence-electron chi connectivity index (χ2n) is 4.25. The van der Waals surface area contributed by atoms with Gasteiger partial charge in [-0.05, 0) is 31.9 Å². The zero-order valence-corrected chi connectivity index (χ0v) is 9.48. The van der Waals surface area contributed by atoms with Gasteiger partial charge in [0.1, 0.15) is 5.54 Å². The van der Waals surface area contributed by atoms with Crippen molar-refractivity contribution in [1.82, 2.24) is 0 Å². The number of hydrogen-bond donors (Lipinski definition) is 2. The Morgan fingerprint density at radius 1 is 1.57 bits per heavy atom. The summed E-state index contributed by atoms with van der Waals surface area (Å²) in [7, 11) is 0. The quantitative estimate of drug-likeness (QED) is 0.737. The minimum atomic E-state index is -1.05.